The monoisotopic (exact) mass is 256 g/mol. The number of methoxy groups -OCH3 is 1. The minimum Gasteiger partial charge on any atom is -0.497 e. The molecule has 0 fully saturated rings. The maximum atomic E-state index is 11.9. The lowest BCUT2D eigenvalue weighted by Gasteiger charge is -2.04. The van der Waals surface area contributed by atoms with Crippen molar-refractivity contribution in [2.24, 2.45) is 0 Å². The molecule has 0 aliphatic carbocycles. The Balaban J connectivity index is 2.54. The van der Waals surface area contributed by atoms with Gasteiger partial charge in [-0.15, -0.1) is 0 Å². The summed E-state index contributed by atoms with van der Waals surface area (Å²) >= 11 is 0. The van der Waals surface area contributed by atoms with E-state index in [2.05, 4.69) is 0 Å². The topological polar surface area (TPSA) is 52.6 Å². The van der Waals surface area contributed by atoms with Crippen molar-refractivity contribution in [1.82, 2.24) is 0 Å². The molecule has 5 heteroatoms. The van der Waals surface area contributed by atoms with Gasteiger partial charge < -0.3 is 9.47 Å². The summed E-state index contributed by atoms with van der Waals surface area (Å²) in [6.45, 7) is 2.10. The fourth-order valence-electron chi connectivity index (χ4n) is 1.27. The van der Waals surface area contributed by atoms with Gasteiger partial charge in [0.05, 0.1) is 30.9 Å². The Labute approximate surface area is 103 Å². The third-order valence-corrected chi connectivity index (χ3v) is 3.46. The molecule has 4 nitrogen and oxygen atoms in total. The minimum absolute atomic E-state index is 0.164. The van der Waals surface area contributed by atoms with Crippen molar-refractivity contribution in [1.29, 1.82) is 0 Å². The van der Waals surface area contributed by atoms with Gasteiger partial charge in [0, 0.05) is 10.6 Å². The highest BCUT2D eigenvalue weighted by atomic mass is 32.2. The standard InChI is InChI=1S/C12H16O4S/c1-3-16-12(13)7-8-17(14)11-6-4-5-10(9-11)15-2/h4-6,9H,3,7-8H2,1-2H3. The van der Waals surface area contributed by atoms with Gasteiger partial charge in [0.2, 0.25) is 0 Å². The highest BCUT2D eigenvalue weighted by Crippen LogP contribution is 2.16. The van der Waals surface area contributed by atoms with E-state index in [1.807, 2.05) is 0 Å². The molecule has 0 radical (unpaired) electrons. The van der Waals surface area contributed by atoms with Gasteiger partial charge in [-0.3, -0.25) is 9.00 Å². The number of hydrogen-bond acceptors (Lipinski definition) is 4. The van der Waals surface area contributed by atoms with Crippen molar-refractivity contribution in [3.05, 3.63) is 24.3 Å². The zero-order valence-corrected chi connectivity index (χ0v) is 10.8. The first kappa shape index (κ1) is 13.7. The van der Waals surface area contributed by atoms with Gasteiger partial charge in [0.25, 0.3) is 0 Å². The van der Waals surface area contributed by atoms with Crippen LogP contribution >= 0.6 is 0 Å². The van der Waals surface area contributed by atoms with E-state index in [1.54, 1.807) is 38.3 Å². The SMILES string of the molecule is CCOC(=O)CCS(=O)c1cccc(OC)c1. The lowest BCUT2D eigenvalue weighted by atomic mass is 10.3. The van der Waals surface area contributed by atoms with Gasteiger partial charge in [0.1, 0.15) is 5.75 Å². The summed E-state index contributed by atoms with van der Waals surface area (Å²) < 4.78 is 21.7. The van der Waals surface area contributed by atoms with E-state index in [-0.39, 0.29) is 18.1 Å². The highest BCUT2D eigenvalue weighted by molar-refractivity contribution is 7.85. The summed E-state index contributed by atoms with van der Waals surface area (Å²) in [5, 5.41) is 0. The van der Waals surface area contributed by atoms with Gasteiger partial charge in [-0.05, 0) is 25.1 Å². The molecule has 0 aliphatic rings. The van der Waals surface area contributed by atoms with Crippen LogP contribution in [0.3, 0.4) is 0 Å². The Hall–Kier alpha value is -1.36. The molecule has 17 heavy (non-hydrogen) atoms. The predicted molar refractivity (Wildman–Crippen MR) is 65.5 cm³/mol. The zero-order chi connectivity index (χ0) is 12.7. The molecule has 0 saturated carbocycles. The van der Waals surface area contributed by atoms with Gasteiger partial charge in [-0.2, -0.15) is 0 Å². The van der Waals surface area contributed by atoms with Crippen molar-refractivity contribution in [2.75, 3.05) is 19.5 Å². The molecular weight excluding hydrogens is 240 g/mol. The Morgan fingerprint density at radius 2 is 2.18 bits per heavy atom. The van der Waals surface area contributed by atoms with E-state index in [1.165, 1.54) is 0 Å². The van der Waals surface area contributed by atoms with Gasteiger partial charge in [0.15, 0.2) is 0 Å². The molecule has 94 valence electrons. The van der Waals surface area contributed by atoms with Crippen LogP contribution in [-0.4, -0.2) is 29.6 Å². The molecule has 1 unspecified atom stereocenters. The summed E-state index contributed by atoms with van der Waals surface area (Å²) in [7, 11) is 0.356. The molecule has 0 aromatic heterocycles. The smallest absolute Gasteiger partial charge is 0.306 e. The van der Waals surface area contributed by atoms with Gasteiger partial charge in [-0.25, -0.2) is 0 Å². The van der Waals surface area contributed by atoms with E-state index in [0.29, 0.717) is 17.3 Å². The average molecular weight is 256 g/mol. The summed E-state index contributed by atoms with van der Waals surface area (Å²) in [5.74, 6) is 0.613. The number of esters is 1. The molecule has 0 N–H and O–H groups in total. The second kappa shape index (κ2) is 7.06. The minimum atomic E-state index is -1.20. The zero-order valence-electron chi connectivity index (χ0n) is 9.97. The van der Waals surface area contributed by atoms with Crippen molar-refractivity contribution in [2.45, 2.75) is 18.2 Å². The third-order valence-electron chi connectivity index (χ3n) is 2.10. The van der Waals surface area contributed by atoms with E-state index >= 15 is 0 Å². The molecular formula is C12H16O4S. The number of carbonyl (C=O) groups excluding carboxylic acids is 1. The Bertz CT molecular complexity index is 403. The molecule has 0 aliphatic heterocycles. The van der Waals surface area contributed by atoms with Crippen LogP contribution in [0.25, 0.3) is 0 Å². The highest BCUT2D eigenvalue weighted by Gasteiger charge is 2.09. The Morgan fingerprint density at radius 3 is 2.82 bits per heavy atom. The number of ether oxygens (including phenoxy) is 2. The fraction of sp³-hybridized carbons (Fsp3) is 0.417. The van der Waals surface area contributed by atoms with Crippen molar-refractivity contribution < 1.29 is 18.5 Å². The van der Waals surface area contributed by atoms with Crippen LogP contribution in [0.5, 0.6) is 5.75 Å². The Kier molecular flexibility index (Phi) is 5.69. The molecule has 1 atom stereocenters. The molecule has 1 aromatic carbocycles. The number of carbonyl (C=O) groups is 1. The molecule has 1 aromatic rings. The van der Waals surface area contributed by atoms with Crippen LogP contribution in [0.2, 0.25) is 0 Å². The van der Waals surface area contributed by atoms with Crippen molar-refractivity contribution in [3.8, 4) is 5.75 Å². The van der Waals surface area contributed by atoms with Crippen LogP contribution in [-0.2, 0) is 20.3 Å². The van der Waals surface area contributed by atoms with Crippen LogP contribution in [0, 0.1) is 0 Å². The predicted octanol–water partition coefficient (Wildman–Crippen LogP) is 1.76. The first-order valence-electron chi connectivity index (χ1n) is 5.35. The second-order valence-corrected chi connectivity index (χ2v) is 4.85. The van der Waals surface area contributed by atoms with Gasteiger partial charge in [-0.1, -0.05) is 6.07 Å². The van der Waals surface area contributed by atoms with E-state index in [9.17, 15) is 9.00 Å². The lowest BCUT2D eigenvalue weighted by molar-refractivity contribution is -0.142. The van der Waals surface area contributed by atoms with Crippen LogP contribution in [0.15, 0.2) is 29.2 Å². The van der Waals surface area contributed by atoms with Crippen molar-refractivity contribution in [3.63, 3.8) is 0 Å². The third kappa shape index (κ3) is 4.56. The molecule has 0 amide bonds. The number of benzene rings is 1. The normalized spacial score (nSPS) is 11.9. The second-order valence-electron chi connectivity index (χ2n) is 3.28. The molecule has 1 rings (SSSR count). The first-order chi connectivity index (χ1) is 8.17. The lowest BCUT2D eigenvalue weighted by Crippen LogP contribution is -2.09. The van der Waals surface area contributed by atoms with Crippen LogP contribution in [0.4, 0.5) is 0 Å². The molecule has 0 spiro atoms. The number of hydrogen-bond donors (Lipinski definition) is 0. The van der Waals surface area contributed by atoms with Crippen LogP contribution in [0.1, 0.15) is 13.3 Å². The fourth-order valence-corrected chi connectivity index (χ4v) is 2.34. The number of rotatable bonds is 6. The first-order valence-corrected chi connectivity index (χ1v) is 6.67. The van der Waals surface area contributed by atoms with Gasteiger partial charge >= 0.3 is 5.97 Å². The quantitative estimate of drug-likeness (QED) is 0.728. The largest absolute Gasteiger partial charge is 0.497 e. The summed E-state index contributed by atoms with van der Waals surface area (Å²) in [6.07, 6.45) is 0.164. The maximum Gasteiger partial charge on any atom is 0.306 e. The summed E-state index contributed by atoms with van der Waals surface area (Å²) in [6, 6.07) is 7.02. The Morgan fingerprint density at radius 1 is 1.41 bits per heavy atom. The average Bonchev–Trinajstić information content (AvgIpc) is 2.36. The molecule has 0 saturated heterocycles. The molecule has 0 heterocycles. The summed E-state index contributed by atoms with van der Waals surface area (Å²) in [4.78, 5) is 11.8. The van der Waals surface area contributed by atoms with Crippen LogP contribution < -0.4 is 4.74 Å². The van der Waals surface area contributed by atoms with E-state index in [0.717, 1.165) is 0 Å². The van der Waals surface area contributed by atoms with E-state index in [4.69, 9.17) is 9.47 Å². The molecule has 0 bridgehead atoms. The maximum absolute atomic E-state index is 11.9. The van der Waals surface area contributed by atoms with Crippen molar-refractivity contribution >= 4 is 16.8 Å². The summed E-state index contributed by atoms with van der Waals surface area (Å²) in [5.41, 5.74) is 0. The van der Waals surface area contributed by atoms with E-state index < -0.39 is 10.8 Å².